The van der Waals surface area contributed by atoms with Crippen molar-refractivity contribution in [1.82, 2.24) is 10.2 Å². The molecule has 2 aliphatic rings. The smallest absolute Gasteiger partial charge is 0.108 e. The molecule has 0 spiro atoms. The van der Waals surface area contributed by atoms with E-state index < -0.39 is 0 Å². The fourth-order valence-electron chi connectivity index (χ4n) is 3.42. The van der Waals surface area contributed by atoms with Crippen LogP contribution in [0.5, 0.6) is 0 Å². The molecule has 2 fully saturated rings. The molecule has 1 saturated carbocycles. The van der Waals surface area contributed by atoms with Gasteiger partial charge in [-0.05, 0) is 45.6 Å². The first-order valence-corrected chi connectivity index (χ1v) is 7.10. The molecule has 0 aromatic rings. The summed E-state index contributed by atoms with van der Waals surface area (Å²) < 4.78 is 5.42. The lowest BCUT2D eigenvalue weighted by Gasteiger charge is -2.43. The SMILES string of the molecule is CNC1(C#N)CCCC(N2CCC(OC)CC2)C1. The van der Waals surface area contributed by atoms with E-state index in [0.717, 1.165) is 45.2 Å². The van der Waals surface area contributed by atoms with Crippen molar-refractivity contribution in [2.45, 2.75) is 56.2 Å². The predicted molar refractivity (Wildman–Crippen MR) is 71.3 cm³/mol. The minimum atomic E-state index is -0.291. The molecule has 2 atom stereocenters. The maximum Gasteiger partial charge on any atom is 0.108 e. The lowest BCUT2D eigenvalue weighted by atomic mass is 9.79. The Morgan fingerprint density at radius 2 is 2.06 bits per heavy atom. The van der Waals surface area contributed by atoms with Gasteiger partial charge in [-0.2, -0.15) is 5.26 Å². The average molecular weight is 251 g/mol. The summed E-state index contributed by atoms with van der Waals surface area (Å²) in [6.07, 6.45) is 7.06. The maximum atomic E-state index is 9.39. The van der Waals surface area contributed by atoms with Crippen molar-refractivity contribution in [2.24, 2.45) is 0 Å². The molecule has 0 radical (unpaired) electrons. The molecular weight excluding hydrogens is 226 g/mol. The van der Waals surface area contributed by atoms with Crippen LogP contribution in [0.4, 0.5) is 0 Å². The zero-order valence-corrected chi connectivity index (χ0v) is 11.6. The fraction of sp³-hybridized carbons (Fsp3) is 0.929. The van der Waals surface area contributed by atoms with Gasteiger partial charge in [0.15, 0.2) is 0 Å². The molecule has 0 amide bonds. The van der Waals surface area contributed by atoms with Crippen molar-refractivity contribution in [1.29, 1.82) is 5.26 Å². The van der Waals surface area contributed by atoms with Gasteiger partial charge in [-0.1, -0.05) is 0 Å². The average Bonchev–Trinajstić information content (AvgIpc) is 2.47. The molecule has 1 aliphatic heterocycles. The topological polar surface area (TPSA) is 48.3 Å². The number of nitriles is 1. The van der Waals surface area contributed by atoms with Crippen molar-refractivity contribution >= 4 is 0 Å². The van der Waals surface area contributed by atoms with Crippen LogP contribution in [0.1, 0.15) is 38.5 Å². The number of nitrogens with one attached hydrogen (secondary N) is 1. The third-order valence-corrected chi connectivity index (χ3v) is 4.74. The van der Waals surface area contributed by atoms with Gasteiger partial charge in [-0.25, -0.2) is 0 Å². The molecule has 0 aromatic carbocycles. The van der Waals surface area contributed by atoms with Crippen LogP contribution in [-0.2, 0) is 4.74 Å². The van der Waals surface area contributed by atoms with E-state index in [1.165, 1.54) is 6.42 Å². The highest BCUT2D eigenvalue weighted by Crippen LogP contribution is 2.32. The number of methoxy groups -OCH3 is 1. The molecule has 102 valence electrons. The van der Waals surface area contributed by atoms with Crippen molar-refractivity contribution in [2.75, 3.05) is 27.2 Å². The number of ether oxygens (including phenoxy) is 1. The normalized spacial score (nSPS) is 35.3. The van der Waals surface area contributed by atoms with E-state index in [1.54, 1.807) is 0 Å². The second kappa shape index (κ2) is 6.01. The molecule has 1 saturated heterocycles. The molecule has 4 heteroatoms. The van der Waals surface area contributed by atoms with E-state index >= 15 is 0 Å². The quantitative estimate of drug-likeness (QED) is 0.826. The van der Waals surface area contributed by atoms with Crippen LogP contribution in [-0.4, -0.2) is 49.8 Å². The molecule has 1 aliphatic carbocycles. The molecule has 18 heavy (non-hydrogen) atoms. The molecule has 2 unspecified atom stereocenters. The first-order valence-electron chi connectivity index (χ1n) is 7.10. The Labute approximate surface area is 110 Å². The van der Waals surface area contributed by atoms with E-state index in [4.69, 9.17) is 4.74 Å². The Bertz CT molecular complexity index is 307. The van der Waals surface area contributed by atoms with Gasteiger partial charge in [-0.3, -0.25) is 0 Å². The Balaban J connectivity index is 1.92. The van der Waals surface area contributed by atoms with Gasteiger partial charge >= 0.3 is 0 Å². The number of nitrogens with zero attached hydrogens (tertiary/aromatic N) is 2. The third kappa shape index (κ3) is 2.85. The maximum absolute atomic E-state index is 9.39. The van der Waals surface area contributed by atoms with Gasteiger partial charge < -0.3 is 15.0 Å². The van der Waals surface area contributed by atoms with Crippen LogP contribution in [0.25, 0.3) is 0 Å². The Kier molecular flexibility index (Phi) is 4.60. The molecule has 0 bridgehead atoms. The highest BCUT2D eigenvalue weighted by molar-refractivity contribution is 5.10. The summed E-state index contributed by atoms with van der Waals surface area (Å²) in [5.74, 6) is 0. The Hall–Kier alpha value is -0.630. The number of piperidine rings is 1. The number of hydrogen-bond acceptors (Lipinski definition) is 4. The summed E-state index contributed by atoms with van der Waals surface area (Å²) in [4.78, 5) is 2.57. The molecular formula is C14H25N3O. The predicted octanol–water partition coefficient (Wildman–Crippen LogP) is 1.52. The molecule has 1 N–H and O–H groups in total. The monoisotopic (exact) mass is 251 g/mol. The fourth-order valence-corrected chi connectivity index (χ4v) is 3.42. The van der Waals surface area contributed by atoms with Gasteiger partial charge in [-0.15, -0.1) is 0 Å². The highest BCUT2D eigenvalue weighted by atomic mass is 16.5. The van der Waals surface area contributed by atoms with E-state index in [-0.39, 0.29) is 5.54 Å². The highest BCUT2D eigenvalue weighted by Gasteiger charge is 2.38. The summed E-state index contributed by atoms with van der Waals surface area (Å²) in [5, 5.41) is 12.6. The number of likely N-dealkylation sites (tertiary alicyclic amines) is 1. The standard InChI is InChI=1S/C14H25N3O/c1-16-14(11-15)7-3-4-12(10-14)17-8-5-13(18-2)6-9-17/h12-13,16H,3-10H2,1-2H3. The Morgan fingerprint density at radius 3 is 2.61 bits per heavy atom. The minimum Gasteiger partial charge on any atom is -0.381 e. The lowest BCUT2D eigenvalue weighted by molar-refractivity contribution is 0.0155. The first-order chi connectivity index (χ1) is 8.73. The minimum absolute atomic E-state index is 0.291. The zero-order chi connectivity index (χ0) is 13.0. The molecule has 0 aromatic heterocycles. The Morgan fingerprint density at radius 1 is 1.33 bits per heavy atom. The van der Waals surface area contributed by atoms with Crippen LogP contribution in [0.2, 0.25) is 0 Å². The van der Waals surface area contributed by atoms with Crippen molar-refractivity contribution in [3.05, 3.63) is 0 Å². The van der Waals surface area contributed by atoms with Crippen LogP contribution in [0.3, 0.4) is 0 Å². The number of hydrogen-bond donors (Lipinski definition) is 1. The first kappa shape index (κ1) is 13.8. The van der Waals surface area contributed by atoms with Crippen molar-refractivity contribution < 1.29 is 4.74 Å². The second-order valence-corrected chi connectivity index (χ2v) is 5.67. The van der Waals surface area contributed by atoms with Gasteiger partial charge in [0.1, 0.15) is 5.54 Å². The van der Waals surface area contributed by atoms with Gasteiger partial charge in [0.25, 0.3) is 0 Å². The van der Waals surface area contributed by atoms with E-state index in [1.807, 2.05) is 14.2 Å². The summed E-state index contributed by atoms with van der Waals surface area (Å²) in [7, 11) is 3.73. The molecule has 2 rings (SSSR count). The molecule has 1 heterocycles. The summed E-state index contributed by atoms with van der Waals surface area (Å²) >= 11 is 0. The van der Waals surface area contributed by atoms with Crippen LogP contribution in [0, 0.1) is 11.3 Å². The third-order valence-electron chi connectivity index (χ3n) is 4.74. The van der Waals surface area contributed by atoms with E-state index in [0.29, 0.717) is 12.1 Å². The van der Waals surface area contributed by atoms with Gasteiger partial charge in [0.05, 0.1) is 12.2 Å². The van der Waals surface area contributed by atoms with Crippen molar-refractivity contribution in [3.63, 3.8) is 0 Å². The zero-order valence-electron chi connectivity index (χ0n) is 11.6. The van der Waals surface area contributed by atoms with Gasteiger partial charge in [0, 0.05) is 26.2 Å². The summed E-state index contributed by atoms with van der Waals surface area (Å²) in [6.45, 7) is 2.24. The largest absolute Gasteiger partial charge is 0.381 e. The van der Waals surface area contributed by atoms with Crippen LogP contribution in [0.15, 0.2) is 0 Å². The second-order valence-electron chi connectivity index (χ2n) is 5.67. The molecule has 4 nitrogen and oxygen atoms in total. The number of rotatable bonds is 3. The van der Waals surface area contributed by atoms with Gasteiger partial charge in [0.2, 0.25) is 0 Å². The lowest BCUT2D eigenvalue weighted by Crippen LogP contribution is -2.53. The summed E-state index contributed by atoms with van der Waals surface area (Å²) in [6, 6.07) is 3.07. The van der Waals surface area contributed by atoms with Crippen LogP contribution < -0.4 is 5.32 Å². The van der Waals surface area contributed by atoms with Crippen molar-refractivity contribution in [3.8, 4) is 6.07 Å². The van der Waals surface area contributed by atoms with E-state index in [2.05, 4.69) is 16.3 Å². The summed E-state index contributed by atoms with van der Waals surface area (Å²) in [5.41, 5.74) is -0.291. The van der Waals surface area contributed by atoms with Crippen LogP contribution >= 0.6 is 0 Å². The van der Waals surface area contributed by atoms with E-state index in [9.17, 15) is 5.26 Å².